The number of hydrogen-bond acceptors (Lipinski definition) is 2. The molecule has 0 bridgehead atoms. The first kappa shape index (κ1) is 15.7. The van der Waals surface area contributed by atoms with E-state index in [-0.39, 0.29) is 7.12 Å². The lowest BCUT2D eigenvalue weighted by Crippen LogP contribution is -2.37. The Balaban J connectivity index is 2.54. The maximum absolute atomic E-state index is 5.82. The van der Waals surface area contributed by atoms with Crippen LogP contribution in [0.2, 0.25) is 0 Å². The molecule has 18 heavy (non-hydrogen) atoms. The van der Waals surface area contributed by atoms with Gasteiger partial charge >= 0.3 is 7.12 Å². The van der Waals surface area contributed by atoms with Crippen LogP contribution in [0.25, 0.3) is 0 Å². The summed E-state index contributed by atoms with van der Waals surface area (Å²) in [5, 5.41) is 0. The highest BCUT2D eigenvalue weighted by molar-refractivity contribution is 9.10. The zero-order valence-electron chi connectivity index (χ0n) is 11.3. The molecule has 0 saturated heterocycles. The van der Waals surface area contributed by atoms with Gasteiger partial charge in [-0.3, -0.25) is 0 Å². The van der Waals surface area contributed by atoms with Crippen molar-refractivity contribution < 1.29 is 9.31 Å². The molecule has 100 valence electrons. The van der Waals surface area contributed by atoms with E-state index in [1.54, 1.807) is 0 Å². The first-order chi connectivity index (χ1) is 8.77. The highest BCUT2D eigenvalue weighted by Gasteiger charge is 2.20. The van der Waals surface area contributed by atoms with Crippen LogP contribution in [0.15, 0.2) is 28.7 Å². The third kappa shape index (κ3) is 6.03. The predicted molar refractivity (Wildman–Crippen MR) is 81.3 cm³/mol. The molecule has 0 aliphatic heterocycles. The van der Waals surface area contributed by atoms with Crippen molar-refractivity contribution in [2.75, 3.05) is 13.2 Å². The number of benzene rings is 1. The highest BCUT2D eigenvalue weighted by Crippen LogP contribution is 2.07. The minimum Gasteiger partial charge on any atom is -0.407 e. The van der Waals surface area contributed by atoms with Crippen molar-refractivity contribution in [2.45, 2.75) is 39.5 Å². The van der Waals surface area contributed by atoms with Crippen molar-refractivity contribution in [1.82, 2.24) is 0 Å². The minimum absolute atomic E-state index is 0.226. The lowest BCUT2D eigenvalue weighted by atomic mass is 9.79. The zero-order valence-corrected chi connectivity index (χ0v) is 12.9. The molecule has 0 heterocycles. The molecule has 1 aromatic rings. The van der Waals surface area contributed by atoms with Crippen molar-refractivity contribution in [2.24, 2.45) is 0 Å². The van der Waals surface area contributed by atoms with Crippen molar-refractivity contribution in [3.05, 3.63) is 28.7 Å². The maximum atomic E-state index is 5.82. The average molecular weight is 313 g/mol. The van der Waals surface area contributed by atoms with Gasteiger partial charge in [0.15, 0.2) is 0 Å². The van der Waals surface area contributed by atoms with Crippen LogP contribution in [-0.2, 0) is 9.31 Å². The van der Waals surface area contributed by atoms with Gasteiger partial charge in [0.25, 0.3) is 0 Å². The van der Waals surface area contributed by atoms with E-state index in [0.717, 1.165) is 48.8 Å². The Bertz CT molecular complexity index is 306. The first-order valence-corrected chi connectivity index (χ1v) is 7.55. The first-order valence-electron chi connectivity index (χ1n) is 6.76. The summed E-state index contributed by atoms with van der Waals surface area (Å²) in [7, 11) is -0.226. The van der Waals surface area contributed by atoms with Crippen molar-refractivity contribution in [3.63, 3.8) is 0 Å². The molecule has 0 aliphatic carbocycles. The van der Waals surface area contributed by atoms with E-state index in [1.165, 1.54) is 0 Å². The normalized spacial score (nSPS) is 10.6. The summed E-state index contributed by atoms with van der Waals surface area (Å²) in [6.07, 6.45) is 4.43. The fourth-order valence-electron chi connectivity index (χ4n) is 1.53. The van der Waals surface area contributed by atoms with Gasteiger partial charge in [-0.25, -0.2) is 0 Å². The fraction of sp³-hybridized carbons (Fsp3) is 0.571. The van der Waals surface area contributed by atoms with Crippen LogP contribution in [0, 0.1) is 0 Å². The summed E-state index contributed by atoms with van der Waals surface area (Å²) >= 11 is 3.44. The Labute approximate surface area is 119 Å². The van der Waals surface area contributed by atoms with Crippen LogP contribution in [0.1, 0.15) is 39.5 Å². The number of unbranched alkanes of at least 4 members (excludes halogenated alkanes) is 2. The molecule has 0 amide bonds. The Morgan fingerprint density at radius 1 is 0.944 bits per heavy atom. The largest absolute Gasteiger partial charge is 0.493 e. The van der Waals surface area contributed by atoms with E-state index in [9.17, 15) is 0 Å². The van der Waals surface area contributed by atoms with Gasteiger partial charge in [-0.05, 0) is 30.4 Å². The van der Waals surface area contributed by atoms with Gasteiger partial charge in [0.05, 0.1) is 0 Å². The van der Waals surface area contributed by atoms with E-state index in [4.69, 9.17) is 9.31 Å². The molecule has 1 aromatic carbocycles. The third-order valence-corrected chi connectivity index (χ3v) is 3.21. The quantitative estimate of drug-likeness (QED) is 0.510. The molecule has 0 radical (unpaired) electrons. The average Bonchev–Trinajstić information content (AvgIpc) is 2.38. The molecule has 0 saturated carbocycles. The summed E-state index contributed by atoms with van der Waals surface area (Å²) < 4.78 is 12.7. The minimum atomic E-state index is -0.226. The summed E-state index contributed by atoms with van der Waals surface area (Å²) in [5.74, 6) is 0. The zero-order chi connectivity index (χ0) is 13.2. The van der Waals surface area contributed by atoms with Crippen LogP contribution >= 0.6 is 15.9 Å². The van der Waals surface area contributed by atoms with Gasteiger partial charge < -0.3 is 9.31 Å². The molecular formula is C14H22BBrO2. The Hall–Kier alpha value is -0.315. The SMILES string of the molecule is CCCCOB(OCCCC)c1ccc(Br)cc1. The van der Waals surface area contributed by atoms with Gasteiger partial charge in [-0.1, -0.05) is 54.8 Å². The van der Waals surface area contributed by atoms with Crippen molar-refractivity contribution in [3.8, 4) is 0 Å². The topological polar surface area (TPSA) is 18.5 Å². The van der Waals surface area contributed by atoms with Crippen molar-refractivity contribution in [1.29, 1.82) is 0 Å². The Kier molecular flexibility index (Phi) is 8.39. The molecule has 0 N–H and O–H groups in total. The molecule has 1 rings (SSSR count). The Morgan fingerprint density at radius 3 is 1.89 bits per heavy atom. The number of hydrogen-bond donors (Lipinski definition) is 0. The van der Waals surface area contributed by atoms with Crippen LogP contribution in [0.3, 0.4) is 0 Å². The summed E-state index contributed by atoms with van der Waals surface area (Å²) in [6.45, 7) is 5.83. The Morgan fingerprint density at radius 2 is 1.44 bits per heavy atom. The highest BCUT2D eigenvalue weighted by atomic mass is 79.9. The molecule has 2 nitrogen and oxygen atoms in total. The molecule has 4 heteroatoms. The van der Waals surface area contributed by atoms with Gasteiger partial charge in [0.2, 0.25) is 0 Å². The van der Waals surface area contributed by atoms with Crippen LogP contribution < -0.4 is 5.46 Å². The van der Waals surface area contributed by atoms with E-state index >= 15 is 0 Å². The van der Waals surface area contributed by atoms with E-state index < -0.39 is 0 Å². The molecule has 0 unspecified atom stereocenters. The van der Waals surface area contributed by atoms with Gasteiger partial charge in [0.1, 0.15) is 0 Å². The van der Waals surface area contributed by atoms with E-state index in [0.29, 0.717) is 0 Å². The van der Waals surface area contributed by atoms with E-state index in [2.05, 4.69) is 29.8 Å². The lowest BCUT2D eigenvalue weighted by Gasteiger charge is -2.14. The second-order valence-electron chi connectivity index (χ2n) is 4.33. The number of rotatable bonds is 9. The molecular weight excluding hydrogens is 291 g/mol. The van der Waals surface area contributed by atoms with Gasteiger partial charge in [0, 0.05) is 17.7 Å². The lowest BCUT2D eigenvalue weighted by molar-refractivity contribution is 0.202. The molecule has 0 aliphatic rings. The van der Waals surface area contributed by atoms with Crippen molar-refractivity contribution >= 4 is 28.5 Å². The second-order valence-corrected chi connectivity index (χ2v) is 5.25. The molecule has 0 fully saturated rings. The van der Waals surface area contributed by atoms with E-state index in [1.807, 2.05) is 24.3 Å². The maximum Gasteiger partial charge on any atom is 0.493 e. The third-order valence-electron chi connectivity index (χ3n) is 2.68. The standard InChI is InChI=1S/C14H22BBrO2/c1-3-5-11-17-15(18-12-6-4-2)13-7-9-14(16)10-8-13/h7-10H,3-6,11-12H2,1-2H3. The van der Waals surface area contributed by atoms with Crippen LogP contribution in [0.5, 0.6) is 0 Å². The van der Waals surface area contributed by atoms with Crippen LogP contribution in [-0.4, -0.2) is 20.3 Å². The summed E-state index contributed by atoms with van der Waals surface area (Å²) in [6, 6.07) is 8.14. The molecule has 0 spiro atoms. The number of halogens is 1. The van der Waals surface area contributed by atoms with Crippen LogP contribution in [0.4, 0.5) is 0 Å². The smallest absolute Gasteiger partial charge is 0.407 e. The second kappa shape index (κ2) is 9.59. The fourth-order valence-corrected chi connectivity index (χ4v) is 1.79. The van der Waals surface area contributed by atoms with Gasteiger partial charge in [-0.2, -0.15) is 0 Å². The molecule has 0 atom stereocenters. The predicted octanol–water partition coefficient (Wildman–Crippen LogP) is 3.78. The monoisotopic (exact) mass is 312 g/mol. The van der Waals surface area contributed by atoms with Gasteiger partial charge in [-0.15, -0.1) is 0 Å². The summed E-state index contributed by atoms with van der Waals surface area (Å²) in [4.78, 5) is 0. The molecule has 0 aromatic heterocycles. The summed E-state index contributed by atoms with van der Waals surface area (Å²) in [5.41, 5.74) is 1.09.